The molecule has 3 aromatic rings. The number of likely N-dealkylation sites (N-methyl/N-ethyl adjacent to an activating group) is 1. The molecule has 3 aromatic carbocycles. The first-order valence-corrected chi connectivity index (χ1v) is 14.7. The van der Waals surface area contributed by atoms with E-state index < -0.39 is 28.5 Å². The molecule has 3 rings (SSSR count). The number of benzene rings is 3. The number of hydrogen-bond donors (Lipinski definition) is 1. The predicted molar refractivity (Wildman–Crippen MR) is 153 cm³/mol. The van der Waals surface area contributed by atoms with E-state index in [0.29, 0.717) is 28.6 Å². The Balaban J connectivity index is 1.90. The van der Waals surface area contributed by atoms with Crippen LogP contribution < -0.4 is 5.32 Å². The van der Waals surface area contributed by atoms with Gasteiger partial charge in [0.1, 0.15) is 6.04 Å². The smallest absolute Gasteiger partial charge is 0.243 e. The maximum absolute atomic E-state index is 13.7. The Bertz CT molecular complexity index is 1380. The second kappa shape index (κ2) is 13.4. The molecule has 0 unspecified atom stereocenters. The molecule has 0 heterocycles. The molecule has 7 nitrogen and oxygen atoms in total. The molecular formula is C28H33Cl2N3O4S. The molecule has 0 fully saturated rings. The van der Waals surface area contributed by atoms with Crippen LogP contribution >= 0.6 is 23.2 Å². The average molecular weight is 579 g/mol. The molecule has 204 valence electrons. The quantitative estimate of drug-likeness (QED) is 0.288. The molecule has 10 heteroatoms. The standard InChI is InChI=1S/C28H33Cl2N3O4S/c1-4-6-16-31-28(35)26(5-2)33(18-23-24(29)12-9-13-25(23)30)27(34)19-32(3)38(36,37)22-15-14-20-10-7-8-11-21(20)17-22/h7-15,17,26H,4-6,16,18-19H2,1-3H3,(H,31,35)/t26-/m1/s1. The second-order valence-electron chi connectivity index (χ2n) is 9.06. The summed E-state index contributed by atoms with van der Waals surface area (Å²) in [7, 11) is -2.63. The number of hydrogen-bond acceptors (Lipinski definition) is 4. The second-order valence-corrected chi connectivity index (χ2v) is 11.9. The van der Waals surface area contributed by atoms with Crippen molar-refractivity contribution in [3.05, 3.63) is 76.3 Å². The molecular weight excluding hydrogens is 545 g/mol. The highest BCUT2D eigenvalue weighted by Gasteiger charge is 2.32. The highest BCUT2D eigenvalue weighted by Crippen LogP contribution is 2.27. The number of carbonyl (C=O) groups excluding carboxylic acids is 2. The number of rotatable bonds is 12. The zero-order valence-corrected chi connectivity index (χ0v) is 24.1. The molecule has 0 aromatic heterocycles. The number of nitrogens with zero attached hydrogens (tertiary/aromatic N) is 2. The van der Waals surface area contributed by atoms with Gasteiger partial charge in [-0.25, -0.2) is 8.42 Å². The van der Waals surface area contributed by atoms with E-state index in [-0.39, 0.29) is 17.3 Å². The summed E-state index contributed by atoms with van der Waals surface area (Å²) in [5.41, 5.74) is 0.490. The Labute approximate surface area is 234 Å². The lowest BCUT2D eigenvalue weighted by atomic mass is 10.1. The normalized spacial score (nSPS) is 12.5. The third kappa shape index (κ3) is 7.05. The molecule has 0 bridgehead atoms. The van der Waals surface area contributed by atoms with Crippen LogP contribution in [0.3, 0.4) is 0 Å². The zero-order valence-electron chi connectivity index (χ0n) is 21.8. The number of carbonyl (C=O) groups is 2. The molecule has 0 aliphatic rings. The van der Waals surface area contributed by atoms with Gasteiger partial charge in [0.2, 0.25) is 21.8 Å². The van der Waals surface area contributed by atoms with Crippen molar-refractivity contribution in [2.75, 3.05) is 20.1 Å². The van der Waals surface area contributed by atoms with Crippen molar-refractivity contribution in [3.63, 3.8) is 0 Å². The van der Waals surface area contributed by atoms with Crippen LogP contribution in [0.4, 0.5) is 0 Å². The van der Waals surface area contributed by atoms with Crippen LogP contribution in [0.2, 0.25) is 10.0 Å². The fraction of sp³-hybridized carbons (Fsp3) is 0.357. The first kappa shape index (κ1) is 29.9. The molecule has 0 aliphatic heterocycles. The van der Waals surface area contributed by atoms with Gasteiger partial charge < -0.3 is 10.2 Å². The van der Waals surface area contributed by atoms with Crippen LogP contribution in [0, 0.1) is 0 Å². The molecule has 2 amide bonds. The molecule has 1 N–H and O–H groups in total. The number of sulfonamides is 1. The SMILES string of the molecule is CCCCNC(=O)[C@@H](CC)N(Cc1c(Cl)cccc1Cl)C(=O)CN(C)S(=O)(=O)c1ccc2ccccc2c1. The topological polar surface area (TPSA) is 86.8 Å². The van der Waals surface area contributed by atoms with Crippen molar-refractivity contribution < 1.29 is 18.0 Å². The third-order valence-electron chi connectivity index (χ3n) is 6.39. The van der Waals surface area contributed by atoms with Gasteiger partial charge in [-0.1, -0.05) is 79.9 Å². The summed E-state index contributed by atoms with van der Waals surface area (Å²) in [6, 6.07) is 16.5. The Morgan fingerprint density at radius 3 is 2.24 bits per heavy atom. The van der Waals surface area contributed by atoms with Crippen LogP contribution in [-0.4, -0.2) is 55.6 Å². The van der Waals surface area contributed by atoms with Crippen molar-refractivity contribution >= 4 is 55.8 Å². The fourth-order valence-corrected chi connectivity index (χ4v) is 5.83. The Morgan fingerprint density at radius 2 is 1.61 bits per heavy atom. The molecule has 38 heavy (non-hydrogen) atoms. The average Bonchev–Trinajstić information content (AvgIpc) is 2.89. The maximum Gasteiger partial charge on any atom is 0.243 e. The van der Waals surface area contributed by atoms with Gasteiger partial charge in [-0.3, -0.25) is 9.59 Å². The van der Waals surface area contributed by atoms with Crippen molar-refractivity contribution in [3.8, 4) is 0 Å². The van der Waals surface area contributed by atoms with Gasteiger partial charge in [0.05, 0.1) is 11.4 Å². The van der Waals surface area contributed by atoms with Crippen molar-refractivity contribution in [1.82, 2.24) is 14.5 Å². The van der Waals surface area contributed by atoms with Crippen LogP contribution in [0.15, 0.2) is 65.6 Å². The minimum Gasteiger partial charge on any atom is -0.354 e. The predicted octanol–water partition coefficient (Wildman–Crippen LogP) is 5.49. The Morgan fingerprint density at radius 1 is 0.947 bits per heavy atom. The van der Waals surface area contributed by atoms with Crippen molar-refractivity contribution in [2.45, 2.75) is 50.6 Å². The van der Waals surface area contributed by atoms with E-state index in [2.05, 4.69) is 5.32 Å². The molecule has 0 saturated heterocycles. The summed E-state index contributed by atoms with van der Waals surface area (Å²) < 4.78 is 27.8. The maximum atomic E-state index is 13.7. The van der Waals surface area contributed by atoms with E-state index in [0.717, 1.165) is 27.9 Å². The number of halogens is 2. The summed E-state index contributed by atoms with van der Waals surface area (Å²) in [4.78, 5) is 28.2. The lowest BCUT2D eigenvalue weighted by Crippen LogP contribution is -2.52. The van der Waals surface area contributed by atoms with Crippen LogP contribution in [0.5, 0.6) is 0 Å². The summed E-state index contributed by atoms with van der Waals surface area (Å²) in [6.45, 7) is 3.80. The molecule has 0 aliphatic carbocycles. The number of fused-ring (bicyclic) bond motifs is 1. The summed E-state index contributed by atoms with van der Waals surface area (Å²) >= 11 is 12.8. The van der Waals surface area contributed by atoms with Crippen LogP contribution in [-0.2, 0) is 26.2 Å². The van der Waals surface area contributed by atoms with Gasteiger partial charge in [-0.15, -0.1) is 0 Å². The van der Waals surface area contributed by atoms with Gasteiger partial charge in [0.15, 0.2) is 0 Å². The van der Waals surface area contributed by atoms with E-state index in [4.69, 9.17) is 23.2 Å². The van der Waals surface area contributed by atoms with E-state index in [1.807, 2.05) is 31.2 Å². The van der Waals surface area contributed by atoms with Gasteiger partial charge in [0.25, 0.3) is 0 Å². The first-order valence-electron chi connectivity index (χ1n) is 12.5. The highest BCUT2D eigenvalue weighted by atomic mass is 35.5. The molecule has 0 spiro atoms. The Hall–Kier alpha value is -2.65. The van der Waals surface area contributed by atoms with E-state index in [1.54, 1.807) is 37.3 Å². The van der Waals surface area contributed by atoms with Gasteiger partial charge in [-0.05, 0) is 47.9 Å². The minimum atomic E-state index is -3.99. The molecule has 1 atom stereocenters. The summed E-state index contributed by atoms with van der Waals surface area (Å²) in [6.07, 6.45) is 2.04. The van der Waals surface area contributed by atoms with E-state index in [1.165, 1.54) is 18.0 Å². The number of unbranched alkanes of at least 4 members (excludes halogenated alkanes) is 1. The largest absolute Gasteiger partial charge is 0.354 e. The van der Waals surface area contributed by atoms with Crippen LogP contribution in [0.25, 0.3) is 10.8 Å². The van der Waals surface area contributed by atoms with Crippen molar-refractivity contribution in [2.24, 2.45) is 0 Å². The summed E-state index contributed by atoms with van der Waals surface area (Å²) in [5.74, 6) is -0.845. The molecule has 0 radical (unpaired) electrons. The van der Waals surface area contributed by atoms with Gasteiger partial charge in [-0.2, -0.15) is 4.31 Å². The van der Waals surface area contributed by atoms with E-state index >= 15 is 0 Å². The fourth-order valence-electron chi connectivity index (χ4n) is 4.15. The van der Waals surface area contributed by atoms with E-state index in [9.17, 15) is 18.0 Å². The van der Waals surface area contributed by atoms with Gasteiger partial charge >= 0.3 is 0 Å². The lowest BCUT2D eigenvalue weighted by Gasteiger charge is -2.32. The highest BCUT2D eigenvalue weighted by molar-refractivity contribution is 7.89. The monoisotopic (exact) mass is 577 g/mol. The lowest BCUT2D eigenvalue weighted by molar-refractivity contribution is -0.141. The number of nitrogens with one attached hydrogen (secondary N) is 1. The number of amides is 2. The summed E-state index contributed by atoms with van der Waals surface area (Å²) in [5, 5.41) is 5.28. The molecule has 0 saturated carbocycles. The van der Waals surface area contributed by atoms with Gasteiger partial charge in [0, 0.05) is 35.7 Å². The zero-order chi connectivity index (χ0) is 27.9. The first-order chi connectivity index (χ1) is 18.1. The van der Waals surface area contributed by atoms with Crippen molar-refractivity contribution in [1.29, 1.82) is 0 Å². The minimum absolute atomic E-state index is 0.0408. The Kier molecular flexibility index (Phi) is 10.6. The third-order valence-corrected chi connectivity index (χ3v) is 8.90. The van der Waals surface area contributed by atoms with Crippen LogP contribution in [0.1, 0.15) is 38.7 Å².